The molecule has 2 heterocycles. The second kappa shape index (κ2) is 7.56. The fourth-order valence-corrected chi connectivity index (χ4v) is 5.03. The SMILES string of the molecule is Cc1cccc(CS(=O)(=O)Nc2ccc3c(c2)N(C(=O)C2CCCO2)CC3)c1. The van der Waals surface area contributed by atoms with E-state index < -0.39 is 10.0 Å². The zero-order valence-corrected chi connectivity index (χ0v) is 16.7. The molecule has 0 saturated carbocycles. The van der Waals surface area contributed by atoms with E-state index in [0.29, 0.717) is 18.8 Å². The van der Waals surface area contributed by atoms with Crippen molar-refractivity contribution in [3.05, 3.63) is 59.2 Å². The fraction of sp³-hybridized carbons (Fsp3) is 0.381. The molecule has 0 radical (unpaired) electrons. The first-order chi connectivity index (χ1) is 13.4. The normalized spacial score (nSPS) is 18.9. The number of anilines is 2. The van der Waals surface area contributed by atoms with Crippen molar-refractivity contribution in [2.75, 3.05) is 22.8 Å². The van der Waals surface area contributed by atoms with E-state index in [-0.39, 0.29) is 17.8 Å². The average Bonchev–Trinajstić information content (AvgIpc) is 3.30. The first-order valence-electron chi connectivity index (χ1n) is 9.53. The van der Waals surface area contributed by atoms with Crippen LogP contribution in [-0.4, -0.2) is 33.6 Å². The van der Waals surface area contributed by atoms with Gasteiger partial charge in [0.05, 0.1) is 11.4 Å². The van der Waals surface area contributed by atoms with Crippen LogP contribution in [0.5, 0.6) is 0 Å². The summed E-state index contributed by atoms with van der Waals surface area (Å²) in [5.74, 6) is -0.124. The van der Waals surface area contributed by atoms with Gasteiger partial charge in [0.25, 0.3) is 5.91 Å². The molecule has 0 aliphatic carbocycles. The zero-order valence-electron chi connectivity index (χ0n) is 15.8. The molecule has 0 bridgehead atoms. The van der Waals surface area contributed by atoms with Crippen molar-refractivity contribution in [1.82, 2.24) is 0 Å². The van der Waals surface area contributed by atoms with Crippen LogP contribution in [0.1, 0.15) is 29.5 Å². The first kappa shape index (κ1) is 19.0. The molecule has 1 amide bonds. The molecular formula is C21H24N2O4S. The number of nitrogens with zero attached hydrogens (tertiary/aromatic N) is 1. The van der Waals surface area contributed by atoms with Crippen LogP contribution in [-0.2, 0) is 31.7 Å². The van der Waals surface area contributed by atoms with Gasteiger partial charge in [0.15, 0.2) is 0 Å². The molecule has 2 aromatic carbocycles. The average molecular weight is 401 g/mol. The van der Waals surface area contributed by atoms with E-state index in [1.165, 1.54) is 0 Å². The molecule has 2 aliphatic heterocycles. The summed E-state index contributed by atoms with van der Waals surface area (Å²) < 4.78 is 33.4. The molecule has 0 spiro atoms. The van der Waals surface area contributed by atoms with Gasteiger partial charge in [0, 0.05) is 18.8 Å². The standard InChI is InChI=1S/C21H24N2O4S/c1-15-4-2-5-16(12-15)14-28(25,26)22-18-8-7-17-9-10-23(19(17)13-18)21(24)20-6-3-11-27-20/h2,4-5,7-8,12-13,20,22H,3,6,9-11,14H2,1H3. The number of nitrogens with one attached hydrogen (secondary N) is 1. The van der Waals surface area contributed by atoms with Gasteiger partial charge in [-0.2, -0.15) is 0 Å². The lowest BCUT2D eigenvalue weighted by molar-refractivity contribution is -0.127. The number of hydrogen-bond donors (Lipinski definition) is 1. The quantitative estimate of drug-likeness (QED) is 0.837. The van der Waals surface area contributed by atoms with E-state index in [2.05, 4.69) is 4.72 Å². The summed E-state index contributed by atoms with van der Waals surface area (Å²) in [5.41, 5.74) is 4.06. The Labute approximate surface area is 165 Å². The van der Waals surface area contributed by atoms with Crippen molar-refractivity contribution in [1.29, 1.82) is 0 Å². The minimum atomic E-state index is -3.55. The van der Waals surface area contributed by atoms with Crippen LogP contribution >= 0.6 is 0 Å². The maximum absolute atomic E-state index is 12.7. The molecule has 1 unspecified atom stereocenters. The number of benzene rings is 2. The van der Waals surface area contributed by atoms with Crippen molar-refractivity contribution < 1.29 is 17.9 Å². The number of sulfonamides is 1. The van der Waals surface area contributed by atoms with E-state index >= 15 is 0 Å². The van der Waals surface area contributed by atoms with Crippen LogP contribution in [0.2, 0.25) is 0 Å². The van der Waals surface area contributed by atoms with Crippen LogP contribution in [0, 0.1) is 6.92 Å². The largest absolute Gasteiger partial charge is 0.368 e. The highest BCUT2D eigenvalue weighted by atomic mass is 32.2. The molecule has 6 nitrogen and oxygen atoms in total. The van der Waals surface area contributed by atoms with Gasteiger partial charge in [-0.1, -0.05) is 35.9 Å². The second-order valence-electron chi connectivity index (χ2n) is 7.44. The smallest absolute Gasteiger partial charge is 0.256 e. The van der Waals surface area contributed by atoms with Crippen LogP contribution < -0.4 is 9.62 Å². The lowest BCUT2D eigenvalue weighted by Crippen LogP contribution is -2.37. The molecule has 4 rings (SSSR count). The lowest BCUT2D eigenvalue weighted by atomic mass is 10.1. The molecule has 1 saturated heterocycles. The van der Waals surface area contributed by atoms with Gasteiger partial charge in [0.2, 0.25) is 10.0 Å². The van der Waals surface area contributed by atoms with Crippen LogP contribution in [0.4, 0.5) is 11.4 Å². The van der Waals surface area contributed by atoms with Crippen molar-refractivity contribution in [3.8, 4) is 0 Å². The van der Waals surface area contributed by atoms with Crippen molar-refractivity contribution in [2.45, 2.75) is 38.0 Å². The van der Waals surface area contributed by atoms with Crippen LogP contribution in [0.15, 0.2) is 42.5 Å². The van der Waals surface area contributed by atoms with Crippen molar-refractivity contribution >= 4 is 27.3 Å². The summed E-state index contributed by atoms with van der Waals surface area (Å²) in [7, 11) is -3.55. The fourth-order valence-electron chi connectivity index (χ4n) is 3.85. The highest BCUT2D eigenvalue weighted by molar-refractivity contribution is 7.91. The van der Waals surface area contributed by atoms with E-state index in [9.17, 15) is 13.2 Å². The molecule has 7 heteroatoms. The molecular weight excluding hydrogens is 376 g/mol. The molecule has 1 atom stereocenters. The first-order valence-corrected chi connectivity index (χ1v) is 11.2. The third kappa shape index (κ3) is 4.05. The maximum atomic E-state index is 12.7. The number of ether oxygens (including phenoxy) is 1. The van der Waals surface area contributed by atoms with E-state index in [1.54, 1.807) is 23.1 Å². The second-order valence-corrected chi connectivity index (χ2v) is 9.16. The Hall–Kier alpha value is -2.38. The monoisotopic (exact) mass is 400 g/mol. The zero-order chi connectivity index (χ0) is 19.7. The predicted molar refractivity (Wildman–Crippen MR) is 109 cm³/mol. The molecule has 0 aromatic heterocycles. The third-order valence-corrected chi connectivity index (χ3v) is 6.42. The topological polar surface area (TPSA) is 75.7 Å². The Kier molecular flexibility index (Phi) is 5.12. The van der Waals surface area contributed by atoms with Gasteiger partial charge in [0.1, 0.15) is 6.10 Å². The summed E-state index contributed by atoms with van der Waals surface area (Å²) >= 11 is 0. The number of hydrogen-bond acceptors (Lipinski definition) is 4. The van der Waals surface area contributed by atoms with Gasteiger partial charge in [-0.15, -0.1) is 0 Å². The minimum absolute atomic E-state index is 0.0315. The van der Waals surface area contributed by atoms with Crippen molar-refractivity contribution in [3.63, 3.8) is 0 Å². The van der Waals surface area contributed by atoms with Crippen LogP contribution in [0.25, 0.3) is 0 Å². The summed E-state index contributed by atoms with van der Waals surface area (Å²) in [5, 5.41) is 0. The Morgan fingerprint density at radius 1 is 1.25 bits per heavy atom. The number of carbonyl (C=O) groups excluding carboxylic acids is 1. The number of aryl methyl sites for hydroxylation is 1. The van der Waals surface area contributed by atoms with E-state index in [4.69, 9.17) is 4.74 Å². The third-order valence-electron chi connectivity index (χ3n) is 5.16. The minimum Gasteiger partial charge on any atom is -0.368 e. The van der Waals surface area contributed by atoms with Gasteiger partial charge >= 0.3 is 0 Å². The Morgan fingerprint density at radius 3 is 2.86 bits per heavy atom. The maximum Gasteiger partial charge on any atom is 0.256 e. The van der Waals surface area contributed by atoms with Crippen molar-refractivity contribution in [2.24, 2.45) is 0 Å². The molecule has 1 fully saturated rings. The summed E-state index contributed by atoms with van der Waals surface area (Å²) in [6.45, 7) is 3.16. The summed E-state index contributed by atoms with van der Waals surface area (Å²) in [6, 6.07) is 12.9. The Morgan fingerprint density at radius 2 is 2.11 bits per heavy atom. The molecule has 1 N–H and O–H groups in total. The van der Waals surface area contributed by atoms with E-state index in [1.807, 2.05) is 31.2 Å². The molecule has 148 valence electrons. The van der Waals surface area contributed by atoms with Crippen LogP contribution in [0.3, 0.4) is 0 Å². The molecule has 2 aliphatic rings. The summed E-state index contributed by atoms with van der Waals surface area (Å²) in [6.07, 6.45) is 2.03. The number of rotatable bonds is 5. The lowest BCUT2D eigenvalue weighted by Gasteiger charge is -2.21. The molecule has 28 heavy (non-hydrogen) atoms. The molecule has 2 aromatic rings. The Balaban J connectivity index is 1.52. The van der Waals surface area contributed by atoms with Gasteiger partial charge < -0.3 is 9.64 Å². The predicted octanol–water partition coefficient (Wildman–Crippen LogP) is 3.01. The number of amides is 1. The van der Waals surface area contributed by atoms with Gasteiger partial charge in [-0.3, -0.25) is 9.52 Å². The van der Waals surface area contributed by atoms with Gasteiger partial charge in [-0.25, -0.2) is 8.42 Å². The Bertz CT molecular complexity index is 997. The highest BCUT2D eigenvalue weighted by Crippen LogP contribution is 2.33. The summed E-state index contributed by atoms with van der Waals surface area (Å²) in [4.78, 5) is 14.5. The van der Waals surface area contributed by atoms with E-state index in [0.717, 1.165) is 41.6 Å². The highest BCUT2D eigenvalue weighted by Gasteiger charge is 2.33. The number of carbonyl (C=O) groups is 1. The van der Waals surface area contributed by atoms with Gasteiger partial charge in [-0.05, 0) is 49.4 Å². The number of fused-ring (bicyclic) bond motifs is 1.